The number of H-pyrrole nitrogens is 2. The number of ketones is 1. The van der Waals surface area contributed by atoms with Crippen LogP contribution in [0.5, 0.6) is 0 Å². The molecule has 5 heterocycles. The van der Waals surface area contributed by atoms with Gasteiger partial charge in [-0.1, -0.05) is 13.8 Å². The van der Waals surface area contributed by atoms with Gasteiger partial charge in [0.1, 0.15) is 0 Å². The van der Waals surface area contributed by atoms with Gasteiger partial charge < -0.3 is 34.0 Å². The van der Waals surface area contributed by atoms with Gasteiger partial charge in [-0.2, -0.15) is 0 Å². The molecule has 3 aromatic rings. The highest BCUT2D eigenvalue weighted by atomic mass is 16.6. The van der Waals surface area contributed by atoms with Crippen molar-refractivity contribution in [1.29, 1.82) is 0 Å². The van der Waals surface area contributed by atoms with Crippen molar-refractivity contribution in [2.45, 2.75) is 85.2 Å². The number of fused-ring (bicyclic) bond motifs is 8. The molecule has 1 aliphatic carbocycles. The summed E-state index contributed by atoms with van der Waals surface area (Å²) in [6.07, 6.45) is 1.24. The zero-order valence-corrected chi connectivity index (χ0v) is 30.8. The Hall–Kier alpha value is -4.16. The summed E-state index contributed by atoms with van der Waals surface area (Å²) in [7, 11) is 1.65. The molecular weight excluding hydrogens is 648 g/mol. The molecule has 3 atom stereocenters. The van der Waals surface area contributed by atoms with Crippen LogP contribution in [0, 0.1) is 13.8 Å². The van der Waals surface area contributed by atoms with E-state index in [0.29, 0.717) is 51.6 Å². The van der Waals surface area contributed by atoms with Crippen LogP contribution in [0.25, 0.3) is 33.2 Å². The van der Waals surface area contributed by atoms with E-state index in [0.717, 1.165) is 84.7 Å². The van der Waals surface area contributed by atoms with E-state index in [-0.39, 0.29) is 36.6 Å². The predicted octanol–water partition coefficient (Wildman–Crippen LogP) is 7.52. The SMILES string of the molecule is CCC1=C(C)c2cc3[nH]c(cc4nc(c5c6[nH]c(cc1n2)c(C)c6C(=O)C5)[C@@H](CCC(=O)O)[C@@H]4C)c(C)c3C(C)OCCOCCOCCOC. The number of aliphatic carboxylic acids is 1. The number of carboxylic acids is 1. The van der Waals surface area contributed by atoms with Crippen molar-refractivity contribution in [3.8, 4) is 0 Å². The quantitative estimate of drug-likeness (QED) is 0.137. The van der Waals surface area contributed by atoms with Crippen LogP contribution >= 0.6 is 0 Å². The molecule has 51 heavy (non-hydrogen) atoms. The van der Waals surface area contributed by atoms with E-state index in [2.05, 4.69) is 62.8 Å². The van der Waals surface area contributed by atoms with E-state index in [1.165, 1.54) is 0 Å². The van der Waals surface area contributed by atoms with Crippen molar-refractivity contribution in [1.82, 2.24) is 19.9 Å². The molecule has 1 unspecified atom stereocenters. The Morgan fingerprint density at radius 2 is 1.63 bits per heavy atom. The highest BCUT2D eigenvalue weighted by molar-refractivity contribution is 6.13. The maximum atomic E-state index is 13.5. The molecule has 11 nitrogen and oxygen atoms in total. The number of nitrogens with one attached hydrogen (secondary N) is 2. The van der Waals surface area contributed by atoms with Gasteiger partial charge in [0.05, 0.1) is 68.3 Å². The molecule has 0 fully saturated rings. The summed E-state index contributed by atoms with van der Waals surface area (Å²) in [5.74, 6) is -0.990. The molecule has 3 N–H and O–H groups in total. The van der Waals surface area contributed by atoms with Crippen LogP contribution in [0.4, 0.5) is 0 Å². The van der Waals surface area contributed by atoms with Crippen molar-refractivity contribution >= 4 is 45.0 Å². The van der Waals surface area contributed by atoms with Crippen molar-refractivity contribution in [2.75, 3.05) is 46.8 Å². The molecule has 2 aliphatic heterocycles. The number of carbonyl (C=O) groups excluding carboxylic acids is 1. The van der Waals surface area contributed by atoms with Crippen LogP contribution in [0.2, 0.25) is 0 Å². The van der Waals surface area contributed by atoms with Crippen LogP contribution in [0.1, 0.15) is 120 Å². The van der Waals surface area contributed by atoms with Gasteiger partial charge in [-0.15, -0.1) is 0 Å². The fourth-order valence-corrected chi connectivity index (χ4v) is 7.80. The molecule has 0 aromatic carbocycles. The second kappa shape index (κ2) is 15.6. The lowest BCUT2D eigenvalue weighted by molar-refractivity contribution is -0.137. The molecule has 6 rings (SSSR count). The molecular formula is C40H50N4O7. The number of hydrogen-bond donors (Lipinski definition) is 3. The van der Waals surface area contributed by atoms with Gasteiger partial charge in [-0.25, -0.2) is 4.98 Å². The predicted molar refractivity (Wildman–Crippen MR) is 197 cm³/mol. The highest BCUT2D eigenvalue weighted by Gasteiger charge is 2.36. The maximum Gasteiger partial charge on any atom is 0.303 e. The van der Waals surface area contributed by atoms with Gasteiger partial charge >= 0.3 is 5.97 Å². The third-order valence-electron chi connectivity index (χ3n) is 10.6. The summed E-state index contributed by atoms with van der Waals surface area (Å²) in [4.78, 5) is 42.9. The number of allylic oxidation sites excluding steroid dienone is 2. The lowest BCUT2D eigenvalue weighted by Gasteiger charge is -2.16. The number of hydrogen-bond acceptors (Lipinski definition) is 8. The van der Waals surface area contributed by atoms with Crippen LogP contribution in [0.3, 0.4) is 0 Å². The van der Waals surface area contributed by atoms with Gasteiger partial charge in [0.15, 0.2) is 5.78 Å². The molecule has 272 valence electrons. The number of ether oxygens (including phenoxy) is 4. The lowest BCUT2D eigenvalue weighted by atomic mass is 9.85. The Morgan fingerprint density at radius 3 is 2.33 bits per heavy atom. The van der Waals surface area contributed by atoms with Crippen LogP contribution in [-0.2, 0) is 30.2 Å². The van der Waals surface area contributed by atoms with Crippen LogP contribution in [-0.4, -0.2) is 83.5 Å². The largest absolute Gasteiger partial charge is 0.481 e. The first-order valence-electron chi connectivity index (χ1n) is 18.0. The van der Waals surface area contributed by atoms with Crippen LogP contribution < -0.4 is 0 Å². The first-order valence-corrected chi connectivity index (χ1v) is 18.0. The Balaban J connectivity index is 1.49. The Morgan fingerprint density at radius 1 is 0.941 bits per heavy atom. The summed E-state index contributed by atoms with van der Waals surface area (Å²) in [6, 6.07) is 6.24. The second-order valence-electron chi connectivity index (χ2n) is 13.7. The molecule has 0 amide bonds. The molecule has 0 saturated heterocycles. The van der Waals surface area contributed by atoms with Gasteiger partial charge in [0.25, 0.3) is 0 Å². The van der Waals surface area contributed by atoms with E-state index in [4.69, 9.17) is 28.9 Å². The summed E-state index contributed by atoms with van der Waals surface area (Å²) < 4.78 is 22.6. The average Bonchev–Trinajstić information content (AvgIpc) is 3.85. The molecule has 11 heteroatoms. The van der Waals surface area contributed by atoms with E-state index < -0.39 is 5.97 Å². The second-order valence-corrected chi connectivity index (χ2v) is 13.7. The number of aryl methyl sites for hydroxylation is 2. The number of aromatic nitrogens is 4. The Kier molecular flexibility index (Phi) is 11.2. The first-order chi connectivity index (χ1) is 24.5. The van der Waals surface area contributed by atoms with Gasteiger partial charge in [0, 0.05) is 70.7 Å². The number of nitrogens with zero attached hydrogens (tertiary/aromatic N) is 2. The fraction of sp³-hybridized carbons (Fsp3) is 0.500. The van der Waals surface area contributed by atoms with E-state index in [9.17, 15) is 14.7 Å². The number of carboxylic acid groups (broad SMARTS) is 1. The molecule has 0 radical (unpaired) electrons. The van der Waals surface area contributed by atoms with Crippen molar-refractivity contribution in [3.05, 3.63) is 68.8 Å². The standard InChI is InChI=1S/C40H50N4O7/c1-8-26-21(2)29-20-34-37(25(6)51-16-15-50-14-13-49-12-11-48-7)23(4)31(42-34)18-30-22(3)27(9-10-36(46)47)39(43-30)28-17-35(45)38-24(5)32(44-40(28)38)19-33(26)41-29/h18-20,22,25,27,42,44H,8-17H2,1-7H3,(H,46,47)/t22-,25?,27-/m0/s1. The fourth-order valence-electron chi connectivity index (χ4n) is 7.80. The number of carbonyl (C=O) groups is 2. The molecule has 0 spiro atoms. The number of aromatic amines is 2. The van der Waals surface area contributed by atoms with Crippen molar-refractivity contribution in [2.24, 2.45) is 0 Å². The minimum Gasteiger partial charge on any atom is -0.481 e. The zero-order valence-electron chi connectivity index (χ0n) is 30.8. The van der Waals surface area contributed by atoms with Crippen molar-refractivity contribution in [3.63, 3.8) is 0 Å². The smallest absolute Gasteiger partial charge is 0.303 e. The summed E-state index contributed by atoms with van der Waals surface area (Å²) in [6.45, 7) is 15.4. The molecule has 3 aliphatic rings. The minimum atomic E-state index is -0.846. The average molecular weight is 699 g/mol. The number of Topliss-reactive ketones (excluding diaryl/α,β-unsaturated/α-hetero) is 1. The third kappa shape index (κ3) is 7.30. The topological polar surface area (TPSA) is 149 Å². The minimum absolute atomic E-state index is 0.0201. The highest BCUT2D eigenvalue weighted by Crippen LogP contribution is 2.44. The lowest BCUT2D eigenvalue weighted by Crippen LogP contribution is -2.12. The normalized spacial score (nSPS) is 17.5. The number of rotatable bonds is 15. The Labute approximate surface area is 298 Å². The zero-order chi connectivity index (χ0) is 36.4. The third-order valence-corrected chi connectivity index (χ3v) is 10.6. The van der Waals surface area contributed by atoms with E-state index in [1.807, 2.05) is 6.92 Å². The van der Waals surface area contributed by atoms with Gasteiger partial charge in [0.2, 0.25) is 0 Å². The summed E-state index contributed by atoms with van der Waals surface area (Å²) in [5.41, 5.74) is 13.7. The van der Waals surface area contributed by atoms with E-state index >= 15 is 0 Å². The Bertz CT molecular complexity index is 2020. The number of methoxy groups -OCH3 is 1. The molecule has 0 saturated carbocycles. The maximum absolute atomic E-state index is 13.5. The molecule has 3 aromatic heterocycles. The summed E-state index contributed by atoms with van der Waals surface area (Å²) >= 11 is 0. The van der Waals surface area contributed by atoms with Crippen molar-refractivity contribution < 1.29 is 33.6 Å². The molecule has 8 bridgehead atoms. The van der Waals surface area contributed by atoms with Gasteiger partial charge in [-0.05, 0) is 81.0 Å². The van der Waals surface area contributed by atoms with Gasteiger partial charge in [-0.3, -0.25) is 14.6 Å². The van der Waals surface area contributed by atoms with Crippen LogP contribution in [0.15, 0.2) is 18.2 Å². The first kappa shape index (κ1) is 36.6. The monoisotopic (exact) mass is 698 g/mol. The van der Waals surface area contributed by atoms with E-state index in [1.54, 1.807) is 7.11 Å². The summed E-state index contributed by atoms with van der Waals surface area (Å²) in [5, 5.41) is 9.64.